The largest absolute Gasteiger partial charge is 0.359 e. The Hall–Kier alpha value is -1.42. The van der Waals surface area contributed by atoms with Gasteiger partial charge < -0.3 is 10.6 Å². The molecule has 0 bridgehead atoms. The molecule has 2 heterocycles. The quantitative estimate of drug-likeness (QED) is 0.845. The van der Waals surface area contributed by atoms with E-state index in [1.165, 1.54) is 5.56 Å². The third kappa shape index (κ3) is 3.53. The summed E-state index contributed by atoms with van der Waals surface area (Å²) in [5, 5.41) is 6.20. The van der Waals surface area contributed by atoms with Crippen LogP contribution in [0.1, 0.15) is 31.2 Å². The highest BCUT2D eigenvalue weighted by molar-refractivity contribution is 5.82. The second-order valence-corrected chi connectivity index (χ2v) is 5.35. The fourth-order valence-corrected chi connectivity index (χ4v) is 2.93. The molecule has 1 aromatic rings. The van der Waals surface area contributed by atoms with E-state index >= 15 is 0 Å². The topological polar surface area (TPSA) is 54.0 Å². The summed E-state index contributed by atoms with van der Waals surface area (Å²) < 4.78 is 0. The summed E-state index contributed by atoms with van der Waals surface area (Å²) in [4.78, 5) is 16.2. The normalized spacial score (nSPS) is 23.0. The molecule has 0 aliphatic carbocycles. The van der Waals surface area contributed by atoms with Crippen molar-refractivity contribution in [2.24, 2.45) is 5.41 Å². The molecule has 0 unspecified atom stereocenters. The fraction of sp³-hybridized carbons (Fsp3) is 0.600. The molecular weight excluding hydrogens is 238 g/mol. The molecule has 0 saturated carbocycles. The number of pyridine rings is 1. The highest BCUT2D eigenvalue weighted by Crippen LogP contribution is 2.32. The molecule has 4 nitrogen and oxygen atoms in total. The summed E-state index contributed by atoms with van der Waals surface area (Å²) in [5.74, 6) is 0.189. The van der Waals surface area contributed by atoms with Gasteiger partial charge >= 0.3 is 0 Å². The van der Waals surface area contributed by atoms with Crippen molar-refractivity contribution in [3.05, 3.63) is 30.1 Å². The van der Waals surface area contributed by atoms with Gasteiger partial charge in [-0.1, -0.05) is 0 Å². The Morgan fingerprint density at radius 3 is 2.89 bits per heavy atom. The number of rotatable bonds is 5. The van der Waals surface area contributed by atoms with Crippen LogP contribution in [0.25, 0.3) is 0 Å². The Balaban J connectivity index is 1.91. The number of carbonyl (C=O) groups is 1. The summed E-state index contributed by atoms with van der Waals surface area (Å²) in [6.45, 7) is 1.84. The number of piperidine rings is 1. The van der Waals surface area contributed by atoms with Gasteiger partial charge in [-0.2, -0.15) is 0 Å². The second-order valence-electron chi connectivity index (χ2n) is 5.35. The number of aryl methyl sites for hydroxylation is 1. The summed E-state index contributed by atoms with van der Waals surface area (Å²) >= 11 is 0. The SMILES string of the molecule is CNC(=O)[C@]1(CCCc2ccncc2)CCCNC1. The van der Waals surface area contributed by atoms with Gasteiger partial charge in [-0.15, -0.1) is 0 Å². The van der Waals surface area contributed by atoms with Gasteiger partial charge in [0.15, 0.2) is 0 Å². The molecule has 1 aliphatic heterocycles. The van der Waals surface area contributed by atoms with Gasteiger partial charge in [-0.25, -0.2) is 0 Å². The van der Waals surface area contributed by atoms with Crippen molar-refractivity contribution in [2.45, 2.75) is 32.1 Å². The smallest absolute Gasteiger partial charge is 0.227 e. The van der Waals surface area contributed by atoms with Gasteiger partial charge in [-0.05, 0) is 56.3 Å². The van der Waals surface area contributed by atoms with Gasteiger partial charge in [0.05, 0.1) is 5.41 Å². The monoisotopic (exact) mass is 261 g/mol. The first-order valence-corrected chi connectivity index (χ1v) is 7.09. The van der Waals surface area contributed by atoms with Crippen LogP contribution in [-0.4, -0.2) is 31.0 Å². The van der Waals surface area contributed by atoms with Crippen LogP contribution in [0.2, 0.25) is 0 Å². The van der Waals surface area contributed by atoms with E-state index in [1.807, 2.05) is 24.5 Å². The molecule has 0 aromatic carbocycles. The molecule has 1 aromatic heterocycles. The Kier molecular flexibility index (Phi) is 4.91. The number of hydrogen-bond donors (Lipinski definition) is 2. The number of nitrogens with zero attached hydrogens (tertiary/aromatic N) is 1. The van der Waals surface area contributed by atoms with Crippen molar-refractivity contribution in [3.63, 3.8) is 0 Å². The average Bonchev–Trinajstić information content (AvgIpc) is 2.48. The van der Waals surface area contributed by atoms with E-state index in [9.17, 15) is 4.79 Å². The molecule has 1 atom stereocenters. The molecule has 1 aliphatic rings. The first-order chi connectivity index (χ1) is 9.27. The van der Waals surface area contributed by atoms with Gasteiger partial charge in [0.2, 0.25) is 5.91 Å². The molecular formula is C15H23N3O. The highest BCUT2D eigenvalue weighted by Gasteiger charge is 2.38. The van der Waals surface area contributed by atoms with Crippen LogP contribution in [0.5, 0.6) is 0 Å². The Morgan fingerprint density at radius 1 is 1.47 bits per heavy atom. The van der Waals surface area contributed by atoms with E-state index in [2.05, 4.69) is 15.6 Å². The van der Waals surface area contributed by atoms with Crippen LogP contribution in [0, 0.1) is 5.41 Å². The predicted molar refractivity (Wildman–Crippen MR) is 75.8 cm³/mol. The van der Waals surface area contributed by atoms with E-state index in [-0.39, 0.29) is 11.3 Å². The fourth-order valence-electron chi connectivity index (χ4n) is 2.93. The lowest BCUT2D eigenvalue weighted by Gasteiger charge is -2.36. The number of amides is 1. The maximum atomic E-state index is 12.2. The van der Waals surface area contributed by atoms with Crippen LogP contribution in [0.4, 0.5) is 0 Å². The third-order valence-electron chi connectivity index (χ3n) is 4.05. The zero-order chi connectivity index (χ0) is 13.6. The summed E-state index contributed by atoms with van der Waals surface area (Å²) in [6, 6.07) is 4.09. The van der Waals surface area contributed by atoms with Crippen molar-refractivity contribution in [1.29, 1.82) is 0 Å². The minimum atomic E-state index is -0.208. The molecule has 19 heavy (non-hydrogen) atoms. The lowest BCUT2D eigenvalue weighted by atomic mass is 9.75. The number of aromatic nitrogens is 1. The first kappa shape index (κ1) is 14.0. The Morgan fingerprint density at radius 2 is 2.26 bits per heavy atom. The van der Waals surface area contributed by atoms with Crippen LogP contribution in [-0.2, 0) is 11.2 Å². The predicted octanol–water partition coefficient (Wildman–Crippen LogP) is 1.52. The zero-order valence-electron chi connectivity index (χ0n) is 11.6. The van der Waals surface area contributed by atoms with Crippen LogP contribution >= 0.6 is 0 Å². The summed E-state index contributed by atoms with van der Waals surface area (Å²) in [7, 11) is 1.74. The van der Waals surface area contributed by atoms with E-state index < -0.39 is 0 Å². The van der Waals surface area contributed by atoms with Crippen LogP contribution in [0.15, 0.2) is 24.5 Å². The number of nitrogens with one attached hydrogen (secondary N) is 2. The highest BCUT2D eigenvalue weighted by atomic mass is 16.2. The van der Waals surface area contributed by atoms with Gasteiger partial charge in [-0.3, -0.25) is 9.78 Å². The van der Waals surface area contributed by atoms with Crippen molar-refractivity contribution in [3.8, 4) is 0 Å². The lowest BCUT2D eigenvalue weighted by molar-refractivity contribution is -0.132. The van der Waals surface area contributed by atoms with Crippen molar-refractivity contribution in [1.82, 2.24) is 15.6 Å². The van der Waals surface area contributed by atoms with E-state index in [1.54, 1.807) is 7.05 Å². The zero-order valence-corrected chi connectivity index (χ0v) is 11.6. The van der Waals surface area contributed by atoms with Crippen molar-refractivity contribution in [2.75, 3.05) is 20.1 Å². The van der Waals surface area contributed by atoms with Gasteiger partial charge in [0, 0.05) is 26.0 Å². The Labute approximate surface area is 115 Å². The van der Waals surface area contributed by atoms with Gasteiger partial charge in [0.25, 0.3) is 0 Å². The molecule has 1 saturated heterocycles. The maximum Gasteiger partial charge on any atom is 0.227 e. The second kappa shape index (κ2) is 6.66. The molecule has 0 spiro atoms. The number of hydrogen-bond acceptors (Lipinski definition) is 3. The van der Waals surface area contributed by atoms with Crippen molar-refractivity contribution < 1.29 is 4.79 Å². The van der Waals surface area contributed by atoms with Crippen molar-refractivity contribution >= 4 is 5.91 Å². The summed E-state index contributed by atoms with van der Waals surface area (Å²) in [6.07, 6.45) is 8.74. The van der Waals surface area contributed by atoms with Crippen LogP contribution < -0.4 is 10.6 Å². The maximum absolute atomic E-state index is 12.2. The molecule has 1 amide bonds. The van der Waals surface area contributed by atoms with E-state index in [0.717, 1.165) is 45.2 Å². The molecule has 1 fully saturated rings. The Bertz CT molecular complexity index is 399. The molecule has 0 radical (unpaired) electrons. The molecule has 2 N–H and O–H groups in total. The molecule has 104 valence electrons. The molecule has 4 heteroatoms. The third-order valence-corrected chi connectivity index (χ3v) is 4.05. The standard InChI is InChI=1S/C15H23N3O/c1-16-14(19)15(8-3-9-18-12-15)7-2-4-13-5-10-17-11-6-13/h5-6,10-11,18H,2-4,7-9,12H2,1H3,(H,16,19)/t15-/m1/s1. The summed E-state index contributed by atoms with van der Waals surface area (Å²) in [5.41, 5.74) is 1.09. The number of carbonyl (C=O) groups excluding carboxylic acids is 1. The lowest BCUT2D eigenvalue weighted by Crippen LogP contribution is -2.49. The van der Waals surface area contributed by atoms with E-state index in [0.29, 0.717) is 0 Å². The molecule has 2 rings (SSSR count). The van der Waals surface area contributed by atoms with E-state index in [4.69, 9.17) is 0 Å². The minimum absolute atomic E-state index is 0.189. The first-order valence-electron chi connectivity index (χ1n) is 7.09. The average molecular weight is 261 g/mol. The minimum Gasteiger partial charge on any atom is -0.359 e. The van der Waals surface area contributed by atoms with Gasteiger partial charge in [0.1, 0.15) is 0 Å². The van der Waals surface area contributed by atoms with Crippen LogP contribution in [0.3, 0.4) is 0 Å².